The molecule has 16 heteroatoms. The zero-order valence-corrected chi connectivity index (χ0v) is 28.8. The number of nitrogens with zero attached hydrogens (tertiary/aromatic N) is 2. The average Bonchev–Trinajstić information content (AvgIpc) is 3.54. The average molecular weight is 684 g/mol. The van der Waals surface area contributed by atoms with Crippen LogP contribution in [0.3, 0.4) is 0 Å². The van der Waals surface area contributed by atoms with E-state index in [0.717, 1.165) is 5.56 Å². The molecular formula is C33H53N11O5. The second-order valence-electron chi connectivity index (χ2n) is 12.9. The van der Waals surface area contributed by atoms with E-state index in [-0.39, 0.29) is 56.4 Å². The third-order valence-electron chi connectivity index (χ3n) is 7.51. The number of carbonyl (C=O) groups is 5. The van der Waals surface area contributed by atoms with Crippen LogP contribution >= 0.6 is 0 Å². The monoisotopic (exact) mass is 683 g/mol. The number of H-pyrrole nitrogens is 1. The third kappa shape index (κ3) is 15.2. The van der Waals surface area contributed by atoms with Gasteiger partial charge in [-0.3, -0.25) is 29.0 Å². The van der Waals surface area contributed by atoms with E-state index >= 15 is 0 Å². The van der Waals surface area contributed by atoms with Crippen molar-refractivity contribution in [1.82, 2.24) is 31.2 Å². The Morgan fingerprint density at radius 1 is 0.755 bits per heavy atom. The van der Waals surface area contributed by atoms with Crippen LogP contribution in [0.15, 0.2) is 47.7 Å². The maximum Gasteiger partial charge on any atom is 0.243 e. The number of hydrogen-bond donors (Lipinski definition) is 9. The molecule has 0 radical (unpaired) electrons. The van der Waals surface area contributed by atoms with E-state index in [1.54, 1.807) is 12.4 Å². The predicted molar refractivity (Wildman–Crippen MR) is 186 cm³/mol. The number of nitrogens with one attached hydrogen (secondary N) is 5. The van der Waals surface area contributed by atoms with Crippen LogP contribution in [0.1, 0.15) is 64.8 Å². The minimum absolute atomic E-state index is 0.0149. The molecule has 0 aliphatic rings. The first-order valence-corrected chi connectivity index (χ1v) is 16.5. The van der Waals surface area contributed by atoms with E-state index in [4.69, 9.17) is 22.9 Å². The number of amides is 5. The van der Waals surface area contributed by atoms with Gasteiger partial charge in [0, 0.05) is 31.8 Å². The predicted octanol–water partition coefficient (Wildman–Crippen LogP) is -0.907. The van der Waals surface area contributed by atoms with Gasteiger partial charge < -0.3 is 49.2 Å². The van der Waals surface area contributed by atoms with Crippen molar-refractivity contribution >= 4 is 35.5 Å². The van der Waals surface area contributed by atoms with Gasteiger partial charge in [-0.25, -0.2) is 4.98 Å². The van der Waals surface area contributed by atoms with Crippen LogP contribution in [0.2, 0.25) is 0 Å². The van der Waals surface area contributed by atoms with Crippen LogP contribution < -0.4 is 44.2 Å². The number of primary amides is 1. The van der Waals surface area contributed by atoms with Gasteiger partial charge in [-0.1, -0.05) is 58.0 Å². The Morgan fingerprint density at radius 3 is 1.78 bits per heavy atom. The summed E-state index contributed by atoms with van der Waals surface area (Å²) in [6.45, 7) is 7.79. The molecule has 0 spiro atoms. The molecular weight excluding hydrogens is 630 g/mol. The van der Waals surface area contributed by atoms with Crippen molar-refractivity contribution in [1.29, 1.82) is 0 Å². The molecule has 270 valence electrons. The lowest BCUT2D eigenvalue weighted by atomic mass is 9.98. The van der Waals surface area contributed by atoms with E-state index in [1.807, 2.05) is 58.0 Å². The maximum absolute atomic E-state index is 13.8. The van der Waals surface area contributed by atoms with Crippen LogP contribution in [0.5, 0.6) is 0 Å². The fraction of sp³-hybridized carbons (Fsp3) is 0.545. The summed E-state index contributed by atoms with van der Waals surface area (Å²) in [5.41, 5.74) is 23.2. The van der Waals surface area contributed by atoms with Gasteiger partial charge in [-0.15, -0.1) is 0 Å². The molecule has 0 bridgehead atoms. The van der Waals surface area contributed by atoms with Gasteiger partial charge in [0.2, 0.25) is 29.5 Å². The van der Waals surface area contributed by atoms with Crippen LogP contribution in [-0.4, -0.2) is 82.2 Å². The molecule has 2 rings (SSSR count). The van der Waals surface area contributed by atoms with E-state index in [9.17, 15) is 24.0 Å². The molecule has 5 atom stereocenters. The van der Waals surface area contributed by atoms with E-state index in [2.05, 4.69) is 36.2 Å². The van der Waals surface area contributed by atoms with Crippen molar-refractivity contribution in [2.24, 2.45) is 39.8 Å². The van der Waals surface area contributed by atoms with Crippen molar-refractivity contribution in [3.63, 3.8) is 0 Å². The van der Waals surface area contributed by atoms with Crippen molar-refractivity contribution in [2.45, 2.75) is 96.4 Å². The summed E-state index contributed by atoms with van der Waals surface area (Å²) in [7, 11) is 0. The van der Waals surface area contributed by atoms with E-state index in [1.165, 1.54) is 0 Å². The summed E-state index contributed by atoms with van der Waals surface area (Å²) in [5, 5.41) is 10.9. The summed E-state index contributed by atoms with van der Waals surface area (Å²) < 4.78 is 0. The Labute approximate surface area is 287 Å². The van der Waals surface area contributed by atoms with Crippen molar-refractivity contribution in [3.8, 4) is 0 Å². The maximum atomic E-state index is 13.8. The topological polar surface area (TPSA) is 279 Å². The van der Waals surface area contributed by atoms with Crippen molar-refractivity contribution in [2.75, 3.05) is 6.54 Å². The molecule has 1 aromatic heterocycles. The molecule has 0 saturated heterocycles. The highest BCUT2D eigenvalue weighted by atomic mass is 16.2. The quantitative estimate of drug-likeness (QED) is 0.0447. The zero-order valence-electron chi connectivity index (χ0n) is 28.8. The lowest BCUT2D eigenvalue weighted by Crippen LogP contribution is -2.59. The Kier molecular flexibility index (Phi) is 16.7. The summed E-state index contributed by atoms with van der Waals surface area (Å²) in [6.07, 6.45) is 4.49. The Bertz CT molecular complexity index is 1380. The van der Waals surface area contributed by atoms with Gasteiger partial charge in [0.15, 0.2) is 5.96 Å². The van der Waals surface area contributed by atoms with Gasteiger partial charge in [0.05, 0.1) is 6.04 Å². The standard InChI is InChI=1S/C33H53N11O5/c1-19(2)15-24(30(47)41-23(28(35)45)11-8-12-40-33(36)37)43-31(48)25(16-20(3)4)44-32(49)26(17-21-9-6-5-7-10-21)42-29(46)22(34)18-27-38-13-14-39-27/h5-7,9-10,13-14,19-20,22-26H,8,11-12,15-18,34H2,1-4H3,(H2,35,45)(H,38,39)(H,41,47)(H,42,46)(H,43,48)(H,44,49)(H4,36,37,40)/t22-,23-,24-,25-,26-/m0/s1. The first-order chi connectivity index (χ1) is 23.2. The number of guanidine groups is 1. The number of carbonyl (C=O) groups excluding carboxylic acids is 5. The molecule has 2 aromatic rings. The number of nitrogens with two attached hydrogens (primary N) is 4. The highest BCUT2D eigenvalue weighted by Gasteiger charge is 2.32. The fourth-order valence-corrected chi connectivity index (χ4v) is 5.06. The summed E-state index contributed by atoms with van der Waals surface area (Å²) in [5.74, 6) is -2.70. The minimum Gasteiger partial charge on any atom is -0.370 e. The Morgan fingerprint density at radius 2 is 1.29 bits per heavy atom. The largest absolute Gasteiger partial charge is 0.370 e. The zero-order chi connectivity index (χ0) is 36.5. The number of benzene rings is 1. The normalized spacial score (nSPS) is 14.2. The van der Waals surface area contributed by atoms with Crippen LogP contribution in [-0.2, 0) is 36.8 Å². The van der Waals surface area contributed by atoms with Gasteiger partial charge in [-0.05, 0) is 43.1 Å². The number of aliphatic imine (C=N–C) groups is 1. The summed E-state index contributed by atoms with van der Waals surface area (Å²) in [4.78, 5) is 77.0. The van der Waals surface area contributed by atoms with Crippen LogP contribution in [0, 0.1) is 11.8 Å². The van der Waals surface area contributed by atoms with Gasteiger partial charge >= 0.3 is 0 Å². The van der Waals surface area contributed by atoms with Gasteiger partial charge in [0.1, 0.15) is 30.0 Å². The summed E-state index contributed by atoms with van der Waals surface area (Å²) >= 11 is 0. The smallest absolute Gasteiger partial charge is 0.243 e. The molecule has 5 amide bonds. The summed E-state index contributed by atoms with van der Waals surface area (Å²) in [6, 6.07) is 3.97. The second kappa shape index (κ2) is 20.4. The number of aromatic amines is 1. The van der Waals surface area contributed by atoms with Crippen LogP contribution in [0.4, 0.5) is 0 Å². The molecule has 0 aliphatic heterocycles. The first kappa shape index (κ1) is 40.2. The van der Waals surface area contributed by atoms with E-state index in [0.29, 0.717) is 12.2 Å². The molecule has 16 nitrogen and oxygen atoms in total. The number of rotatable bonds is 21. The van der Waals surface area contributed by atoms with Gasteiger partial charge in [-0.2, -0.15) is 0 Å². The molecule has 13 N–H and O–H groups in total. The minimum atomic E-state index is -1.06. The number of aromatic nitrogens is 2. The van der Waals surface area contributed by atoms with Crippen LogP contribution in [0.25, 0.3) is 0 Å². The highest BCUT2D eigenvalue weighted by molar-refractivity contribution is 5.95. The Balaban J connectivity index is 2.23. The Hall–Kier alpha value is -4.99. The third-order valence-corrected chi connectivity index (χ3v) is 7.51. The molecule has 1 aromatic carbocycles. The lowest BCUT2D eigenvalue weighted by Gasteiger charge is -2.28. The number of hydrogen-bond acceptors (Lipinski definition) is 8. The molecule has 0 unspecified atom stereocenters. The van der Waals surface area contributed by atoms with Gasteiger partial charge in [0.25, 0.3) is 0 Å². The first-order valence-electron chi connectivity index (χ1n) is 16.5. The molecule has 1 heterocycles. The fourth-order valence-electron chi connectivity index (χ4n) is 5.06. The van der Waals surface area contributed by atoms with Crippen molar-refractivity contribution < 1.29 is 24.0 Å². The second-order valence-corrected chi connectivity index (χ2v) is 12.9. The lowest BCUT2D eigenvalue weighted by molar-refractivity contribution is -0.135. The highest BCUT2D eigenvalue weighted by Crippen LogP contribution is 2.11. The number of imidazole rings is 1. The molecule has 49 heavy (non-hydrogen) atoms. The van der Waals surface area contributed by atoms with E-state index < -0.39 is 59.7 Å². The molecule has 0 aliphatic carbocycles. The molecule has 0 fully saturated rings. The molecule has 0 saturated carbocycles. The SMILES string of the molecule is CC(C)C[C@H](NC(=O)[C@H](CC(C)C)NC(=O)[C@H](Cc1ccccc1)NC(=O)[C@@H](N)Cc1ncc[nH]1)C(=O)N[C@@H](CCCN=C(N)N)C(N)=O. The van der Waals surface area contributed by atoms with Crippen molar-refractivity contribution in [3.05, 3.63) is 54.1 Å².